The summed E-state index contributed by atoms with van der Waals surface area (Å²) in [5, 5.41) is 2.72. The van der Waals surface area contributed by atoms with Crippen LogP contribution in [0.1, 0.15) is 29.0 Å². The normalized spacial score (nSPS) is 15.2. The highest BCUT2D eigenvalue weighted by molar-refractivity contribution is 6.02. The minimum atomic E-state index is -0.383. The summed E-state index contributed by atoms with van der Waals surface area (Å²) in [5.74, 6) is -0.338. The summed E-state index contributed by atoms with van der Waals surface area (Å²) in [6.45, 7) is 1.16. The first-order valence-electron chi connectivity index (χ1n) is 10.8. The van der Waals surface area contributed by atoms with Crippen LogP contribution in [-0.4, -0.2) is 42.6 Å². The third-order valence-corrected chi connectivity index (χ3v) is 5.26. The molecule has 2 amide bonds. The number of hydrogen-bond donors (Lipinski definition) is 1. The minimum Gasteiger partial charge on any atom is -0.484 e. The molecule has 1 atom stereocenters. The number of furan rings is 1. The SMILES string of the molecule is O=C(Nc1cccc(OCC(=O)N(Cc2cccc(F)c2)CC2CCCO2)c1)c1ccco1. The van der Waals surface area contributed by atoms with Crippen LogP contribution in [0.25, 0.3) is 0 Å². The van der Waals surface area contributed by atoms with E-state index in [1.54, 1.807) is 53.4 Å². The number of ether oxygens (including phenoxy) is 2. The molecule has 2 aromatic carbocycles. The number of nitrogens with one attached hydrogen (secondary N) is 1. The molecule has 0 saturated carbocycles. The maximum Gasteiger partial charge on any atom is 0.291 e. The third kappa shape index (κ3) is 6.43. The van der Waals surface area contributed by atoms with Crippen molar-refractivity contribution in [1.29, 1.82) is 0 Å². The van der Waals surface area contributed by atoms with Crippen molar-refractivity contribution in [1.82, 2.24) is 4.90 Å². The van der Waals surface area contributed by atoms with Crippen molar-refractivity contribution in [2.45, 2.75) is 25.5 Å². The Labute approximate surface area is 191 Å². The van der Waals surface area contributed by atoms with Crippen LogP contribution in [0.5, 0.6) is 5.75 Å². The van der Waals surface area contributed by atoms with Gasteiger partial charge in [-0.25, -0.2) is 4.39 Å². The quantitative estimate of drug-likeness (QED) is 0.525. The number of rotatable bonds is 9. The number of anilines is 1. The van der Waals surface area contributed by atoms with Crippen LogP contribution < -0.4 is 10.1 Å². The molecular formula is C25H25FN2O5. The monoisotopic (exact) mass is 452 g/mol. The summed E-state index contributed by atoms with van der Waals surface area (Å²) in [4.78, 5) is 26.8. The van der Waals surface area contributed by atoms with Gasteiger partial charge in [-0.2, -0.15) is 0 Å². The predicted octanol–water partition coefficient (Wildman–Crippen LogP) is 4.26. The summed E-state index contributed by atoms with van der Waals surface area (Å²) < 4.78 is 30.1. The second-order valence-corrected chi connectivity index (χ2v) is 7.79. The molecule has 172 valence electrons. The molecule has 1 unspecified atom stereocenters. The van der Waals surface area contributed by atoms with E-state index in [0.717, 1.165) is 12.8 Å². The van der Waals surface area contributed by atoms with Crippen molar-refractivity contribution in [3.05, 3.63) is 84.1 Å². The second kappa shape index (κ2) is 10.8. The van der Waals surface area contributed by atoms with Gasteiger partial charge in [0.25, 0.3) is 11.8 Å². The van der Waals surface area contributed by atoms with Crippen LogP contribution in [0.3, 0.4) is 0 Å². The second-order valence-electron chi connectivity index (χ2n) is 7.79. The molecule has 1 aliphatic rings. The Bertz CT molecular complexity index is 1080. The molecule has 1 saturated heterocycles. The zero-order chi connectivity index (χ0) is 23.0. The Balaban J connectivity index is 1.38. The first-order valence-corrected chi connectivity index (χ1v) is 10.8. The van der Waals surface area contributed by atoms with Gasteiger partial charge in [-0.1, -0.05) is 18.2 Å². The fraction of sp³-hybridized carbons (Fsp3) is 0.280. The maximum absolute atomic E-state index is 13.6. The van der Waals surface area contributed by atoms with Crippen LogP contribution in [0.4, 0.5) is 10.1 Å². The largest absolute Gasteiger partial charge is 0.484 e. The molecule has 3 aromatic rings. The molecule has 1 aliphatic heterocycles. The van der Waals surface area contributed by atoms with Crippen LogP contribution in [0, 0.1) is 5.82 Å². The van der Waals surface area contributed by atoms with E-state index in [4.69, 9.17) is 13.9 Å². The standard InChI is InChI=1S/C25H25FN2O5/c26-19-6-1-5-18(13-19)15-28(16-22-9-3-11-31-22)24(29)17-33-21-8-2-7-20(14-21)27-25(30)23-10-4-12-32-23/h1-2,4-8,10,12-14,22H,3,9,11,15-17H2,(H,27,30). The molecule has 1 aromatic heterocycles. The molecular weight excluding hydrogens is 427 g/mol. The van der Waals surface area contributed by atoms with E-state index < -0.39 is 0 Å². The zero-order valence-electron chi connectivity index (χ0n) is 18.0. The topological polar surface area (TPSA) is 81.0 Å². The smallest absolute Gasteiger partial charge is 0.291 e. The third-order valence-electron chi connectivity index (χ3n) is 5.26. The van der Waals surface area contributed by atoms with E-state index in [9.17, 15) is 14.0 Å². The lowest BCUT2D eigenvalue weighted by atomic mass is 10.1. The number of benzene rings is 2. The van der Waals surface area contributed by atoms with E-state index in [0.29, 0.717) is 30.2 Å². The van der Waals surface area contributed by atoms with E-state index in [1.807, 2.05) is 0 Å². The van der Waals surface area contributed by atoms with Gasteiger partial charge >= 0.3 is 0 Å². The van der Waals surface area contributed by atoms with Gasteiger partial charge in [-0.3, -0.25) is 9.59 Å². The number of hydrogen-bond acceptors (Lipinski definition) is 5. The summed E-state index contributed by atoms with van der Waals surface area (Å²) >= 11 is 0. The molecule has 2 heterocycles. The Morgan fingerprint density at radius 2 is 2.00 bits per heavy atom. The van der Waals surface area contributed by atoms with E-state index >= 15 is 0 Å². The molecule has 0 spiro atoms. The van der Waals surface area contributed by atoms with Crippen molar-refractivity contribution in [3.63, 3.8) is 0 Å². The molecule has 1 N–H and O–H groups in total. The summed E-state index contributed by atoms with van der Waals surface area (Å²) in [6.07, 6.45) is 3.22. The summed E-state index contributed by atoms with van der Waals surface area (Å²) in [7, 11) is 0. The average molecular weight is 452 g/mol. The van der Waals surface area contributed by atoms with Gasteiger partial charge in [0, 0.05) is 31.5 Å². The molecule has 8 heteroatoms. The number of halogens is 1. The fourth-order valence-corrected chi connectivity index (χ4v) is 3.64. The van der Waals surface area contributed by atoms with Crippen molar-refractivity contribution in [2.75, 3.05) is 25.1 Å². The van der Waals surface area contributed by atoms with E-state index in [1.165, 1.54) is 18.4 Å². The van der Waals surface area contributed by atoms with Crippen LogP contribution in [-0.2, 0) is 16.1 Å². The Hall–Kier alpha value is -3.65. The predicted molar refractivity (Wildman–Crippen MR) is 119 cm³/mol. The lowest BCUT2D eigenvalue weighted by Gasteiger charge is -2.25. The van der Waals surface area contributed by atoms with Gasteiger partial charge in [0.1, 0.15) is 11.6 Å². The first kappa shape index (κ1) is 22.5. The van der Waals surface area contributed by atoms with Crippen molar-refractivity contribution < 1.29 is 27.9 Å². The van der Waals surface area contributed by atoms with Gasteiger partial charge in [-0.05, 0) is 54.8 Å². The Kier molecular flexibility index (Phi) is 7.36. The highest BCUT2D eigenvalue weighted by atomic mass is 19.1. The van der Waals surface area contributed by atoms with Crippen LogP contribution >= 0.6 is 0 Å². The Morgan fingerprint density at radius 1 is 1.12 bits per heavy atom. The summed E-state index contributed by atoms with van der Waals surface area (Å²) in [6, 6.07) is 16.2. The van der Waals surface area contributed by atoms with Gasteiger partial charge in [0.15, 0.2) is 12.4 Å². The lowest BCUT2D eigenvalue weighted by molar-refractivity contribution is -0.135. The zero-order valence-corrected chi connectivity index (χ0v) is 18.0. The number of nitrogens with zero attached hydrogens (tertiary/aromatic N) is 1. The van der Waals surface area contributed by atoms with Gasteiger partial charge in [0.2, 0.25) is 0 Å². The first-order chi connectivity index (χ1) is 16.1. The van der Waals surface area contributed by atoms with Crippen LogP contribution in [0.2, 0.25) is 0 Å². The highest BCUT2D eigenvalue weighted by Gasteiger charge is 2.23. The van der Waals surface area contributed by atoms with E-state index in [2.05, 4.69) is 5.32 Å². The molecule has 0 bridgehead atoms. The van der Waals surface area contributed by atoms with Crippen molar-refractivity contribution in [3.8, 4) is 5.75 Å². The minimum absolute atomic E-state index is 0.0392. The van der Waals surface area contributed by atoms with Gasteiger partial charge < -0.3 is 24.1 Å². The van der Waals surface area contributed by atoms with Gasteiger partial charge in [0.05, 0.1) is 12.4 Å². The van der Waals surface area contributed by atoms with Crippen molar-refractivity contribution in [2.24, 2.45) is 0 Å². The number of carbonyl (C=O) groups excluding carboxylic acids is 2. The molecule has 7 nitrogen and oxygen atoms in total. The molecule has 33 heavy (non-hydrogen) atoms. The fourth-order valence-electron chi connectivity index (χ4n) is 3.64. The molecule has 0 aliphatic carbocycles. The van der Waals surface area contributed by atoms with Crippen molar-refractivity contribution >= 4 is 17.5 Å². The molecule has 4 rings (SSSR count). The molecule has 0 radical (unpaired) electrons. The highest BCUT2D eigenvalue weighted by Crippen LogP contribution is 2.20. The number of amides is 2. The number of carbonyl (C=O) groups is 2. The Morgan fingerprint density at radius 3 is 2.76 bits per heavy atom. The lowest BCUT2D eigenvalue weighted by Crippen LogP contribution is -2.39. The summed E-state index contributed by atoms with van der Waals surface area (Å²) in [5.41, 5.74) is 1.21. The maximum atomic E-state index is 13.6. The molecule has 1 fully saturated rings. The van der Waals surface area contributed by atoms with Gasteiger partial charge in [-0.15, -0.1) is 0 Å². The average Bonchev–Trinajstić information content (AvgIpc) is 3.52. The van der Waals surface area contributed by atoms with Crippen LogP contribution in [0.15, 0.2) is 71.3 Å². The van der Waals surface area contributed by atoms with E-state index in [-0.39, 0.29) is 42.6 Å².